The van der Waals surface area contributed by atoms with Gasteiger partial charge < -0.3 is 0 Å². The highest BCUT2D eigenvalue weighted by atomic mass is 79.9. The predicted octanol–water partition coefficient (Wildman–Crippen LogP) is 5.73. The SMILES string of the molecule is CSc1nc(Cl)c(/C=N/Nc2cccc(Br)c2C(F)(F)F)c(Cl)n1. The van der Waals surface area contributed by atoms with Gasteiger partial charge in [-0.05, 0) is 18.4 Å². The van der Waals surface area contributed by atoms with E-state index in [1.165, 1.54) is 30.0 Å². The van der Waals surface area contributed by atoms with Crippen LogP contribution in [0.3, 0.4) is 0 Å². The molecule has 24 heavy (non-hydrogen) atoms. The van der Waals surface area contributed by atoms with Crippen LogP contribution in [-0.4, -0.2) is 22.4 Å². The summed E-state index contributed by atoms with van der Waals surface area (Å²) >= 11 is 16.1. The Bertz CT molecular complexity index is 763. The molecule has 0 spiro atoms. The minimum atomic E-state index is -4.55. The third-order valence-corrected chi connectivity index (χ3v) is 4.48. The van der Waals surface area contributed by atoms with E-state index in [0.29, 0.717) is 5.16 Å². The van der Waals surface area contributed by atoms with Crippen molar-refractivity contribution >= 4 is 62.8 Å². The van der Waals surface area contributed by atoms with Crippen LogP contribution in [0, 0.1) is 0 Å². The zero-order valence-electron chi connectivity index (χ0n) is 11.8. The zero-order valence-corrected chi connectivity index (χ0v) is 15.7. The lowest BCUT2D eigenvalue weighted by molar-refractivity contribution is -0.137. The number of hydrogen-bond donors (Lipinski definition) is 1. The summed E-state index contributed by atoms with van der Waals surface area (Å²) in [6.07, 6.45) is -1.63. The van der Waals surface area contributed by atoms with Gasteiger partial charge in [-0.3, -0.25) is 5.43 Å². The third kappa shape index (κ3) is 4.53. The molecule has 0 fully saturated rings. The summed E-state index contributed by atoms with van der Waals surface area (Å²) in [5.41, 5.74) is 1.45. The Kier molecular flexibility index (Phi) is 6.35. The van der Waals surface area contributed by atoms with Crippen molar-refractivity contribution in [1.82, 2.24) is 9.97 Å². The molecule has 0 amide bonds. The summed E-state index contributed by atoms with van der Waals surface area (Å²) in [4.78, 5) is 7.95. The fourth-order valence-corrected chi connectivity index (χ4v) is 3.21. The van der Waals surface area contributed by atoms with Crippen molar-refractivity contribution < 1.29 is 13.2 Å². The van der Waals surface area contributed by atoms with Gasteiger partial charge in [0.2, 0.25) is 0 Å². The van der Waals surface area contributed by atoms with Crippen LogP contribution in [0.4, 0.5) is 18.9 Å². The number of halogens is 6. The average Bonchev–Trinajstić information content (AvgIpc) is 2.48. The van der Waals surface area contributed by atoms with E-state index in [-0.39, 0.29) is 26.0 Å². The highest BCUT2D eigenvalue weighted by Gasteiger charge is 2.35. The van der Waals surface area contributed by atoms with Gasteiger partial charge in [0.1, 0.15) is 10.3 Å². The fourth-order valence-electron chi connectivity index (χ4n) is 1.67. The Hall–Kier alpha value is -1.03. The van der Waals surface area contributed by atoms with Crippen LogP contribution in [0.1, 0.15) is 11.1 Å². The van der Waals surface area contributed by atoms with Crippen molar-refractivity contribution in [1.29, 1.82) is 0 Å². The Balaban J connectivity index is 2.30. The van der Waals surface area contributed by atoms with Crippen molar-refractivity contribution in [2.24, 2.45) is 5.10 Å². The molecule has 1 heterocycles. The van der Waals surface area contributed by atoms with E-state index >= 15 is 0 Å². The first-order valence-corrected chi connectivity index (χ1v) is 8.93. The molecule has 128 valence electrons. The molecule has 0 bridgehead atoms. The number of aromatic nitrogens is 2. The molecule has 1 aromatic carbocycles. The van der Waals surface area contributed by atoms with E-state index in [1.807, 2.05) is 0 Å². The van der Waals surface area contributed by atoms with Crippen LogP contribution in [-0.2, 0) is 6.18 Å². The average molecular weight is 460 g/mol. The minimum Gasteiger partial charge on any atom is -0.278 e. The number of nitrogens with one attached hydrogen (secondary N) is 1. The summed E-state index contributed by atoms with van der Waals surface area (Å²) in [6.45, 7) is 0. The Labute approximate surface area is 158 Å². The first kappa shape index (κ1) is 19.3. The lowest BCUT2D eigenvalue weighted by Gasteiger charge is -2.13. The van der Waals surface area contributed by atoms with E-state index in [0.717, 1.165) is 6.21 Å². The maximum Gasteiger partial charge on any atom is 0.419 e. The maximum atomic E-state index is 13.1. The molecule has 0 atom stereocenters. The van der Waals surface area contributed by atoms with E-state index < -0.39 is 11.7 Å². The van der Waals surface area contributed by atoms with Crippen LogP contribution in [0.5, 0.6) is 0 Å². The van der Waals surface area contributed by atoms with E-state index in [1.54, 1.807) is 6.26 Å². The predicted molar refractivity (Wildman–Crippen MR) is 94.2 cm³/mol. The summed E-state index contributed by atoms with van der Waals surface area (Å²) in [7, 11) is 0. The number of alkyl halides is 3. The van der Waals surface area contributed by atoms with Gasteiger partial charge in [-0.2, -0.15) is 18.3 Å². The van der Waals surface area contributed by atoms with Crippen LogP contribution < -0.4 is 5.43 Å². The molecular weight excluding hydrogens is 452 g/mol. The topological polar surface area (TPSA) is 50.2 Å². The van der Waals surface area contributed by atoms with Gasteiger partial charge in [-0.15, -0.1) is 0 Å². The van der Waals surface area contributed by atoms with Gasteiger partial charge in [0.05, 0.1) is 23.0 Å². The molecule has 0 saturated carbocycles. The molecule has 11 heteroatoms. The van der Waals surface area contributed by atoms with Crippen molar-refractivity contribution in [2.45, 2.75) is 11.3 Å². The van der Waals surface area contributed by atoms with Gasteiger partial charge >= 0.3 is 6.18 Å². The van der Waals surface area contributed by atoms with Crippen LogP contribution >= 0.6 is 50.9 Å². The molecule has 0 aliphatic carbocycles. The van der Waals surface area contributed by atoms with Crippen molar-refractivity contribution in [3.05, 3.63) is 44.1 Å². The lowest BCUT2D eigenvalue weighted by atomic mass is 10.2. The number of nitrogens with zero attached hydrogens (tertiary/aromatic N) is 3. The number of benzene rings is 1. The van der Waals surface area contributed by atoms with E-state index in [2.05, 4.69) is 36.4 Å². The van der Waals surface area contributed by atoms with Crippen LogP contribution in [0.25, 0.3) is 0 Å². The van der Waals surface area contributed by atoms with Gasteiger partial charge in [-0.1, -0.05) is 57.0 Å². The summed E-state index contributed by atoms with van der Waals surface area (Å²) in [5, 5.41) is 4.23. The van der Waals surface area contributed by atoms with Gasteiger partial charge in [0.25, 0.3) is 0 Å². The Morgan fingerprint density at radius 2 is 1.88 bits per heavy atom. The number of hydrazone groups is 1. The standard InChI is InChI=1S/C13H8BrCl2F3N4S/c1-24-12-21-10(15)6(11(16)22-12)5-20-23-8-4-2-3-7(14)9(8)13(17,18)19/h2-5,23H,1H3/b20-5+. The lowest BCUT2D eigenvalue weighted by Crippen LogP contribution is -2.10. The van der Waals surface area contributed by atoms with Crippen LogP contribution in [0.2, 0.25) is 10.3 Å². The molecule has 2 aromatic rings. The Morgan fingerprint density at radius 1 is 1.25 bits per heavy atom. The van der Waals surface area contributed by atoms with E-state index in [4.69, 9.17) is 23.2 Å². The monoisotopic (exact) mass is 458 g/mol. The van der Waals surface area contributed by atoms with Gasteiger partial charge in [0, 0.05) is 4.47 Å². The quantitative estimate of drug-likeness (QED) is 0.208. The number of thioether (sulfide) groups is 1. The molecule has 0 aliphatic heterocycles. The zero-order chi connectivity index (χ0) is 17.9. The normalized spacial score (nSPS) is 12.0. The largest absolute Gasteiger partial charge is 0.419 e. The first-order chi connectivity index (χ1) is 11.2. The maximum absolute atomic E-state index is 13.1. The molecule has 4 nitrogen and oxygen atoms in total. The molecule has 0 radical (unpaired) electrons. The molecule has 0 aliphatic rings. The first-order valence-electron chi connectivity index (χ1n) is 6.16. The number of rotatable bonds is 4. The highest BCUT2D eigenvalue weighted by Crippen LogP contribution is 2.39. The molecule has 1 N–H and O–H groups in total. The molecule has 0 unspecified atom stereocenters. The Morgan fingerprint density at radius 3 is 2.42 bits per heavy atom. The van der Waals surface area contributed by atoms with Gasteiger partial charge in [0.15, 0.2) is 5.16 Å². The second-order valence-corrected chi connectivity index (χ2v) is 6.58. The number of anilines is 1. The van der Waals surface area contributed by atoms with Crippen molar-refractivity contribution in [2.75, 3.05) is 11.7 Å². The fraction of sp³-hybridized carbons (Fsp3) is 0.154. The summed E-state index contributed by atoms with van der Waals surface area (Å²) in [6, 6.07) is 4.00. The summed E-state index contributed by atoms with van der Waals surface area (Å²) in [5.74, 6) is 0. The highest BCUT2D eigenvalue weighted by molar-refractivity contribution is 9.10. The van der Waals surface area contributed by atoms with Gasteiger partial charge in [-0.25, -0.2) is 9.97 Å². The summed E-state index contributed by atoms with van der Waals surface area (Å²) < 4.78 is 39.2. The van der Waals surface area contributed by atoms with E-state index in [9.17, 15) is 13.2 Å². The molecule has 2 rings (SSSR count). The van der Waals surface area contributed by atoms with Crippen LogP contribution in [0.15, 0.2) is 32.9 Å². The molecule has 1 aromatic heterocycles. The van der Waals surface area contributed by atoms with Crippen molar-refractivity contribution in [3.8, 4) is 0 Å². The molecular formula is C13H8BrCl2F3N4S. The smallest absolute Gasteiger partial charge is 0.278 e. The minimum absolute atomic E-state index is 0.0511. The third-order valence-electron chi connectivity index (χ3n) is 2.69. The second-order valence-electron chi connectivity index (χ2n) is 4.24. The molecule has 0 saturated heterocycles. The number of hydrogen-bond acceptors (Lipinski definition) is 5. The second kappa shape index (κ2) is 7.90. The van der Waals surface area contributed by atoms with Crippen molar-refractivity contribution in [3.63, 3.8) is 0 Å².